The molecule has 3 rings (SSSR count). The van der Waals surface area contributed by atoms with Gasteiger partial charge in [-0.05, 0) is 51.9 Å². The first kappa shape index (κ1) is 22.2. The quantitative estimate of drug-likeness (QED) is 0.503. The minimum Gasteiger partial charge on any atom is -0.467 e. The van der Waals surface area contributed by atoms with Crippen LogP contribution in [0.4, 0.5) is 4.79 Å². The molecule has 0 radical (unpaired) electrons. The number of methoxy groups -OCH3 is 1. The van der Waals surface area contributed by atoms with E-state index in [0.717, 1.165) is 12.8 Å². The average Bonchev–Trinajstić information content (AvgIpc) is 3.05. The van der Waals surface area contributed by atoms with Gasteiger partial charge in [0.2, 0.25) is 0 Å². The van der Waals surface area contributed by atoms with Crippen molar-refractivity contribution in [2.75, 3.05) is 12.9 Å². The van der Waals surface area contributed by atoms with Gasteiger partial charge in [-0.25, -0.2) is 9.59 Å². The number of amides is 1. The van der Waals surface area contributed by atoms with Crippen LogP contribution < -0.4 is 5.32 Å². The van der Waals surface area contributed by atoms with Gasteiger partial charge in [0.15, 0.2) is 0 Å². The molecule has 29 heavy (non-hydrogen) atoms. The lowest BCUT2D eigenvalue weighted by molar-refractivity contribution is -0.145. The van der Waals surface area contributed by atoms with Crippen LogP contribution in [0.3, 0.4) is 0 Å². The second-order valence-corrected chi connectivity index (χ2v) is 10.5. The van der Waals surface area contributed by atoms with E-state index in [1.54, 1.807) is 20.8 Å². The zero-order chi connectivity index (χ0) is 21.6. The minimum atomic E-state index is -1.12. The molecule has 1 saturated heterocycles. The molecule has 0 spiro atoms. The van der Waals surface area contributed by atoms with Gasteiger partial charge in [-0.15, -0.1) is 0 Å². The van der Waals surface area contributed by atoms with E-state index in [9.17, 15) is 19.5 Å². The third kappa shape index (κ3) is 4.21. The van der Waals surface area contributed by atoms with Gasteiger partial charge in [-0.3, -0.25) is 4.79 Å². The van der Waals surface area contributed by atoms with Gasteiger partial charge >= 0.3 is 18.0 Å². The summed E-state index contributed by atoms with van der Waals surface area (Å²) in [5.74, 6) is -1.13. The lowest BCUT2D eigenvalue weighted by Crippen LogP contribution is -2.56. The molecule has 1 amide bonds. The van der Waals surface area contributed by atoms with E-state index >= 15 is 0 Å². The molecule has 1 aliphatic heterocycles. The molecule has 0 aromatic rings. The summed E-state index contributed by atoms with van der Waals surface area (Å²) in [6, 6.07) is -0.920. The van der Waals surface area contributed by atoms with E-state index in [-0.39, 0.29) is 28.8 Å². The Hall–Kier alpha value is -1.48. The summed E-state index contributed by atoms with van der Waals surface area (Å²) in [6.45, 7) is 7.27. The fraction of sp³-hybridized carbons (Fsp3) is 0.850. The van der Waals surface area contributed by atoms with Crippen LogP contribution in [0.25, 0.3) is 0 Å². The predicted octanol–water partition coefficient (Wildman–Crippen LogP) is 1.88. The van der Waals surface area contributed by atoms with Crippen molar-refractivity contribution >= 4 is 29.8 Å². The summed E-state index contributed by atoms with van der Waals surface area (Å²) >= 11 is 1.40. The smallest absolute Gasteiger partial charge is 0.408 e. The van der Waals surface area contributed by atoms with Crippen molar-refractivity contribution in [3.63, 3.8) is 0 Å². The van der Waals surface area contributed by atoms with Crippen LogP contribution in [-0.2, 0) is 23.8 Å². The Bertz CT molecular complexity index is 678. The monoisotopic (exact) mass is 429 g/mol. The first-order valence-corrected chi connectivity index (χ1v) is 11.1. The summed E-state index contributed by atoms with van der Waals surface area (Å²) in [7, 11) is 1.25. The van der Waals surface area contributed by atoms with Crippen LogP contribution >= 0.6 is 11.8 Å². The van der Waals surface area contributed by atoms with E-state index in [1.165, 1.54) is 18.9 Å². The molecule has 0 aromatic heterocycles. The number of esters is 2. The number of rotatable bonds is 5. The SMILES string of the molecule is COC(=O)C(CSC1C(C)CC2CCC3OC(=O)C1C23O)NC(=O)OC(C)(C)C. The molecule has 3 fully saturated rings. The topological polar surface area (TPSA) is 111 Å². The van der Waals surface area contributed by atoms with Gasteiger partial charge < -0.3 is 24.6 Å². The van der Waals surface area contributed by atoms with Crippen molar-refractivity contribution < 1.29 is 33.7 Å². The molecule has 164 valence electrons. The number of thioether (sulfide) groups is 1. The highest BCUT2D eigenvalue weighted by Crippen LogP contribution is 2.58. The number of hydrogen-bond donors (Lipinski definition) is 2. The molecule has 7 unspecified atom stereocenters. The second kappa shape index (κ2) is 7.98. The molecular formula is C20H31NO7S. The van der Waals surface area contributed by atoms with Crippen molar-refractivity contribution in [3.05, 3.63) is 0 Å². The Labute approximate surface area is 175 Å². The standard InChI is InChI=1S/C20H31NO7S/c1-10-8-11-6-7-13-20(11,25)14(17(23)27-13)15(10)29-9-12(16(22)26-5)21-18(24)28-19(2,3)4/h10-15,25H,6-9H2,1-5H3,(H,21,24). The Morgan fingerprint density at radius 2 is 2.07 bits per heavy atom. The van der Waals surface area contributed by atoms with E-state index in [1.807, 2.05) is 0 Å². The normalized spacial score (nSPS) is 36.8. The third-order valence-corrected chi connectivity index (χ3v) is 7.78. The average molecular weight is 430 g/mol. The largest absolute Gasteiger partial charge is 0.467 e. The zero-order valence-electron chi connectivity index (χ0n) is 17.6. The highest BCUT2D eigenvalue weighted by Gasteiger charge is 2.68. The maximum absolute atomic E-state index is 12.6. The summed E-state index contributed by atoms with van der Waals surface area (Å²) in [4.78, 5) is 36.9. The highest BCUT2D eigenvalue weighted by molar-refractivity contribution is 8.00. The molecule has 2 N–H and O–H groups in total. The van der Waals surface area contributed by atoms with E-state index < -0.39 is 41.3 Å². The molecule has 3 aliphatic rings. The van der Waals surface area contributed by atoms with E-state index in [4.69, 9.17) is 14.2 Å². The van der Waals surface area contributed by atoms with Crippen LogP contribution in [0.2, 0.25) is 0 Å². The zero-order valence-corrected chi connectivity index (χ0v) is 18.4. The van der Waals surface area contributed by atoms with Gasteiger partial charge in [-0.1, -0.05) is 6.92 Å². The van der Waals surface area contributed by atoms with Crippen molar-refractivity contribution in [2.24, 2.45) is 17.8 Å². The summed E-state index contributed by atoms with van der Waals surface area (Å²) in [5, 5.41) is 13.7. The van der Waals surface area contributed by atoms with Crippen LogP contribution in [-0.4, -0.2) is 64.6 Å². The molecule has 0 aromatic carbocycles. The van der Waals surface area contributed by atoms with Crippen molar-refractivity contribution in [1.82, 2.24) is 5.32 Å². The minimum absolute atomic E-state index is 0.0621. The van der Waals surface area contributed by atoms with Gasteiger partial charge in [-0.2, -0.15) is 11.8 Å². The molecule has 2 aliphatic carbocycles. The van der Waals surface area contributed by atoms with Gasteiger partial charge in [0.1, 0.15) is 29.3 Å². The first-order valence-electron chi connectivity index (χ1n) is 10.1. The van der Waals surface area contributed by atoms with Crippen LogP contribution in [0.1, 0.15) is 47.0 Å². The maximum Gasteiger partial charge on any atom is 0.408 e. The fourth-order valence-electron chi connectivity index (χ4n) is 4.93. The number of carbonyl (C=O) groups is 3. The van der Waals surface area contributed by atoms with E-state index in [0.29, 0.717) is 6.42 Å². The van der Waals surface area contributed by atoms with E-state index in [2.05, 4.69) is 12.2 Å². The van der Waals surface area contributed by atoms with Gasteiger partial charge in [0.05, 0.1) is 7.11 Å². The summed E-state index contributed by atoms with van der Waals surface area (Å²) in [6.07, 6.45) is 1.22. The molecular weight excluding hydrogens is 398 g/mol. The summed E-state index contributed by atoms with van der Waals surface area (Å²) < 4.78 is 15.5. The second-order valence-electron chi connectivity index (χ2n) is 9.30. The van der Waals surface area contributed by atoms with Crippen molar-refractivity contribution in [1.29, 1.82) is 0 Å². The Kier molecular flexibility index (Phi) is 6.11. The van der Waals surface area contributed by atoms with Crippen LogP contribution in [0, 0.1) is 17.8 Å². The van der Waals surface area contributed by atoms with Gasteiger partial charge in [0, 0.05) is 11.0 Å². The third-order valence-electron chi connectivity index (χ3n) is 6.14. The Balaban J connectivity index is 1.70. The predicted molar refractivity (Wildman–Crippen MR) is 106 cm³/mol. The van der Waals surface area contributed by atoms with Crippen molar-refractivity contribution in [2.45, 2.75) is 75.6 Å². The molecule has 7 atom stereocenters. The molecule has 2 saturated carbocycles. The number of carbonyl (C=O) groups excluding carboxylic acids is 3. The lowest BCUT2D eigenvalue weighted by atomic mass is 9.66. The van der Waals surface area contributed by atoms with Gasteiger partial charge in [0.25, 0.3) is 0 Å². The number of alkyl carbamates (subject to hydrolysis) is 1. The van der Waals surface area contributed by atoms with Crippen LogP contribution in [0.15, 0.2) is 0 Å². The molecule has 1 heterocycles. The number of nitrogens with one attached hydrogen (secondary N) is 1. The Morgan fingerprint density at radius 3 is 2.69 bits per heavy atom. The number of aliphatic hydroxyl groups is 1. The first-order chi connectivity index (χ1) is 13.5. The maximum atomic E-state index is 12.6. The molecule has 8 nitrogen and oxygen atoms in total. The molecule has 0 bridgehead atoms. The number of hydrogen-bond acceptors (Lipinski definition) is 8. The number of ether oxygens (including phenoxy) is 3. The Morgan fingerprint density at radius 1 is 1.38 bits per heavy atom. The van der Waals surface area contributed by atoms with Crippen molar-refractivity contribution in [3.8, 4) is 0 Å². The lowest BCUT2D eigenvalue weighted by Gasteiger charge is -2.44. The molecule has 9 heteroatoms. The fourth-order valence-corrected chi connectivity index (χ4v) is 6.53. The van der Waals surface area contributed by atoms with Crippen LogP contribution in [0.5, 0.6) is 0 Å². The summed E-state index contributed by atoms with van der Waals surface area (Å²) in [5.41, 5.74) is -1.82. The highest BCUT2D eigenvalue weighted by atomic mass is 32.2.